The third-order valence-electron chi connectivity index (χ3n) is 3.75. The van der Waals surface area contributed by atoms with Gasteiger partial charge in [-0.25, -0.2) is 8.42 Å². The fraction of sp³-hybridized carbons (Fsp3) is 0.571. The zero-order valence-electron chi connectivity index (χ0n) is 11.4. The summed E-state index contributed by atoms with van der Waals surface area (Å²) in [6, 6.07) is 6.07. The maximum absolute atomic E-state index is 11.4. The molecule has 1 unspecified atom stereocenters. The minimum atomic E-state index is -2.81. The molecule has 1 atom stereocenters. The van der Waals surface area contributed by atoms with E-state index in [1.165, 1.54) is 0 Å². The molecule has 0 aliphatic carbocycles. The van der Waals surface area contributed by atoms with Gasteiger partial charge in [-0.1, -0.05) is 36.2 Å². The van der Waals surface area contributed by atoms with Crippen molar-refractivity contribution in [3.8, 4) is 0 Å². The number of nitrogens with one attached hydrogen (secondary N) is 1. The minimum absolute atomic E-state index is 0.176. The van der Waals surface area contributed by atoms with Gasteiger partial charge in [-0.15, -0.1) is 0 Å². The Kier molecular flexibility index (Phi) is 5.35. The molecule has 1 aromatic carbocycles. The Morgan fingerprint density at radius 1 is 1.25 bits per heavy atom. The van der Waals surface area contributed by atoms with Crippen LogP contribution in [0.1, 0.15) is 37.8 Å². The van der Waals surface area contributed by atoms with Crippen LogP contribution in [0.15, 0.2) is 18.2 Å². The van der Waals surface area contributed by atoms with Crippen LogP contribution >= 0.6 is 23.2 Å². The molecular formula is C14H19Cl2NO2S. The molecule has 2 rings (SSSR count). The number of rotatable bonds is 4. The van der Waals surface area contributed by atoms with Crippen molar-refractivity contribution in [2.24, 2.45) is 0 Å². The van der Waals surface area contributed by atoms with Crippen LogP contribution in [0, 0.1) is 0 Å². The van der Waals surface area contributed by atoms with E-state index in [2.05, 4.69) is 12.2 Å². The third kappa shape index (κ3) is 4.10. The van der Waals surface area contributed by atoms with Crippen molar-refractivity contribution in [3.63, 3.8) is 0 Å². The molecule has 0 saturated carbocycles. The molecule has 1 aliphatic heterocycles. The highest BCUT2D eigenvalue weighted by molar-refractivity contribution is 7.91. The van der Waals surface area contributed by atoms with Gasteiger partial charge in [0.05, 0.1) is 21.6 Å². The second-order valence-electron chi connectivity index (χ2n) is 5.23. The van der Waals surface area contributed by atoms with E-state index in [-0.39, 0.29) is 23.6 Å². The normalized spacial score (nSPS) is 20.8. The lowest BCUT2D eigenvalue weighted by atomic mass is 10.0. The zero-order chi connectivity index (χ0) is 14.8. The first-order valence-electron chi connectivity index (χ1n) is 6.82. The smallest absolute Gasteiger partial charge is 0.150 e. The molecule has 1 fully saturated rings. The van der Waals surface area contributed by atoms with Gasteiger partial charge >= 0.3 is 0 Å². The predicted molar refractivity (Wildman–Crippen MR) is 84.3 cm³/mol. The molecule has 1 aliphatic rings. The summed E-state index contributed by atoms with van der Waals surface area (Å²) in [6.45, 7) is 2.10. The molecular weight excluding hydrogens is 317 g/mol. The first-order chi connectivity index (χ1) is 9.41. The Hall–Kier alpha value is -0.290. The van der Waals surface area contributed by atoms with E-state index in [1.54, 1.807) is 6.07 Å². The van der Waals surface area contributed by atoms with Crippen LogP contribution in [-0.4, -0.2) is 26.0 Å². The molecule has 1 saturated heterocycles. The maximum atomic E-state index is 11.4. The molecule has 0 amide bonds. The monoisotopic (exact) mass is 335 g/mol. The summed E-state index contributed by atoms with van der Waals surface area (Å²) in [5.74, 6) is 0.560. The lowest BCUT2D eigenvalue weighted by molar-refractivity contribution is 0.398. The average Bonchev–Trinajstić information content (AvgIpc) is 2.41. The number of sulfone groups is 1. The van der Waals surface area contributed by atoms with Crippen molar-refractivity contribution in [2.45, 2.75) is 38.3 Å². The molecule has 20 heavy (non-hydrogen) atoms. The third-order valence-corrected chi connectivity index (χ3v) is 6.20. The van der Waals surface area contributed by atoms with Crippen molar-refractivity contribution in [1.29, 1.82) is 0 Å². The first kappa shape index (κ1) is 16.1. The quantitative estimate of drug-likeness (QED) is 0.914. The molecule has 3 nitrogen and oxygen atoms in total. The van der Waals surface area contributed by atoms with Gasteiger partial charge in [0.2, 0.25) is 0 Å². The highest BCUT2D eigenvalue weighted by Crippen LogP contribution is 2.28. The molecule has 6 heteroatoms. The van der Waals surface area contributed by atoms with Crippen LogP contribution in [0.2, 0.25) is 10.0 Å². The standard InChI is InChI=1S/C14H19Cl2NO2S/c1-2-14(10-3-4-12(15)13(16)9-10)17-11-5-7-20(18,19)8-6-11/h3-4,9,11,14,17H,2,5-8H2,1H3. The largest absolute Gasteiger partial charge is 0.307 e. The van der Waals surface area contributed by atoms with E-state index in [9.17, 15) is 8.42 Å². The molecule has 0 bridgehead atoms. The van der Waals surface area contributed by atoms with Crippen molar-refractivity contribution < 1.29 is 8.42 Å². The van der Waals surface area contributed by atoms with Gasteiger partial charge in [0.25, 0.3) is 0 Å². The predicted octanol–water partition coefficient (Wildman–Crippen LogP) is 3.61. The Morgan fingerprint density at radius 2 is 1.90 bits per heavy atom. The Bertz CT molecular complexity index is 561. The van der Waals surface area contributed by atoms with Crippen LogP contribution in [0.4, 0.5) is 0 Å². The number of hydrogen-bond acceptors (Lipinski definition) is 3. The van der Waals surface area contributed by atoms with Crippen molar-refractivity contribution >= 4 is 33.0 Å². The summed E-state index contributed by atoms with van der Waals surface area (Å²) in [5, 5.41) is 4.64. The molecule has 0 radical (unpaired) electrons. The summed E-state index contributed by atoms with van der Waals surface area (Å²) in [7, 11) is -2.81. The number of benzene rings is 1. The molecule has 1 N–H and O–H groups in total. The fourth-order valence-corrected chi connectivity index (χ4v) is 4.32. The fourth-order valence-electron chi connectivity index (χ4n) is 2.52. The van der Waals surface area contributed by atoms with E-state index in [0.717, 1.165) is 12.0 Å². The van der Waals surface area contributed by atoms with Crippen molar-refractivity contribution in [1.82, 2.24) is 5.32 Å². The molecule has 1 heterocycles. The first-order valence-corrected chi connectivity index (χ1v) is 9.40. The second kappa shape index (κ2) is 6.65. The topological polar surface area (TPSA) is 46.2 Å². The zero-order valence-corrected chi connectivity index (χ0v) is 13.7. The summed E-state index contributed by atoms with van der Waals surface area (Å²) < 4.78 is 22.9. The molecule has 1 aromatic rings. The second-order valence-corrected chi connectivity index (χ2v) is 8.35. The SMILES string of the molecule is CCC(NC1CCS(=O)(=O)CC1)c1ccc(Cl)c(Cl)c1. The summed E-state index contributed by atoms with van der Waals surface area (Å²) >= 11 is 12.0. The Morgan fingerprint density at radius 3 is 2.45 bits per heavy atom. The van der Waals surface area contributed by atoms with Crippen LogP contribution < -0.4 is 5.32 Å². The average molecular weight is 336 g/mol. The van der Waals surface area contributed by atoms with Gasteiger partial charge in [0, 0.05) is 12.1 Å². The highest BCUT2D eigenvalue weighted by atomic mass is 35.5. The maximum Gasteiger partial charge on any atom is 0.150 e. The Balaban J connectivity index is 2.04. The molecule has 0 aromatic heterocycles. The van der Waals surface area contributed by atoms with E-state index in [0.29, 0.717) is 22.9 Å². The van der Waals surface area contributed by atoms with Gasteiger partial charge in [-0.2, -0.15) is 0 Å². The van der Waals surface area contributed by atoms with E-state index < -0.39 is 9.84 Å². The van der Waals surface area contributed by atoms with E-state index in [4.69, 9.17) is 23.2 Å². The van der Waals surface area contributed by atoms with Crippen LogP contribution in [0.3, 0.4) is 0 Å². The molecule has 112 valence electrons. The van der Waals surface area contributed by atoms with Gasteiger partial charge < -0.3 is 5.32 Å². The number of hydrogen-bond donors (Lipinski definition) is 1. The minimum Gasteiger partial charge on any atom is -0.307 e. The van der Waals surface area contributed by atoms with Crippen molar-refractivity contribution in [2.75, 3.05) is 11.5 Å². The van der Waals surface area contributed by atoms with Crippen molar-refractivity contribution in [3.05, 3.63) is 33.8 Å². The number of halogens is 2. The van der Waals surface area contributed by atoms with E-state index >= 15 is 0 Å². The Labute approximate surface area is 130 Å². The van der Waals surface area contributed by atoms with Crippen LogP contribution in [0.25, 0.3) is 0 Å². The van der Waals surface area contributed by atoms with E-state index in [1.807, 2.05) is 12.1 Å². The van der Waals surface area contributed by atoms with Crippen LogP contribution in [-0.2, 0) is 9.84 Å². The van der Waals surface area contributed by atoms with Crippen LogP contribution in [0.5, 0.6) is 0 Å². The van der Waals surface area contributed by atoms with Gasteiger partial charge in [-0.3, -0.25) is 0 Å². The lowest BCUT2D eigenvalue weighted by Crippen LogP contribution is -2.39. The molecule has 0 spiro atoms. The van der Waals surface area contributed by atoms with Gasteiger partial charge in [0.1, 0.15) is 9.84 Å². The highest BCUT2D eigenvalue weighted by Gasteiger charge is 2.25. The summed E-state index contributed by atoms with van der Waals surface area (Å²) in [4.78, 5) is 0. The lowest BCUT2D eigenvalue weighted by Gasteiger charge is -2.28. The van der Waals surface area contributed by atoms with Gasteiger partial charge in [0.15, 0.2) is 0 Å². The van der Waals surface area contributed by atoms with Gasteiger partial charge in [-0.05, 0) is 37.0 Å². The summed E-state index contributed by atoms with van der Waals surface area (Å²) in [6.07, 6.45) is 2.28. The summed E-state index contributed by atoms with van der Waals surface area (Å²) in [5.41, 5.74) is 1.09.